The molecule has 3 rings (SSSR count). The second-order valence-corrected chi connectivity index (χ2v) is 7.98. The van der Waals surface area contributed by atoms with Gasteiger partial charge in [-0.3, -0.25) is 4.90 Å². The highest BCUT2D eigenvalue weighted by Crippen LogP contribution is 2.43. The first-order valence-electron chi connectivity index (χ1n) is 9.57. The Morgan fingerprint density at radius 1 is 1.32 bits per heavy atom. The molecule has 0 aromatic heterocycles. The lowest BCUT2D eigenvalue weighted by Crippen LogP contribution is -2.63. The van der Waals surface area contributed by atoms with Crippen LogP contribution in [0.1, 0.15) is 39.2 Å². The number of rotatable bonds is 4. The molecular weight excluding hydrogens is 308 g/mol. The predicted octanol–water partition coefficient (Wildman–Crippen LogP) is 3.85. The Morgan fingerprint density at radius 2 is 2.16 bits per heavy atom. The van der Waals surface area contributed by atoms with Gasteiger partial charge in [0.1, 0.15) is 5.75 Å². The number of nitrogens with one attached hydrogen (secondary N) is 1. The summed E-state index contributed by atoms with van der Waals surface area (Å²) in [5.41, 5.74) is 1.40. The zero-order chi connectivity index (χ0) is 17.9. The van der Waals surface area contributed by atoms with Gasteiger partial charge in [0, 0.05) is 31.7 Å². The fraction of sp³-hybridized carbons (Fsp3) is 0.545. The van der Waals surface area contributed by atoms with Gasteiger partial charge in [-0.05, 0) is 48.8 Å². The standard InChI is InChI=1S/C22H32N2O/c1-4-5-6-7-10-19-16-24-15-17(2)22(3,13-20(24)14-23-19)18-9-8-11-21(25)12-18/h4-9,11-12,17,19-20,23,25H,10,13-16H2,1-3H3/b5-4-,7-6-/t17?,19-,20?,22+/m0/s1. The molecule has 2 saturated heterocycles. The lowest BCUT2D eigenvalue weighted by molar-refractivity contribution is 0.0248. The van der Waals surface area contributed by atoms with Gasteiger partial charge >= 0.3 is 0 Å². The van der Waals surface area contributed by atoms with Gasteiger partial charge < -0.3 is 10.4 Å². The highest BCUT2D eigenvalue weighted by atomic mass is 16.3. The third kappa shape index (κ3) is 3.99. The van der Waals surface area contributed by atoms with Crippen LogP contribution in [0.15, 0.2) is 48.6 Å². The Kier molecular flexibility index (Phi) is 5.65. The fourth-order valence-corrected chi connectivity index (χ4v) is 4.45. The molecule has 2 aliphatic rings. The molecule has 2 fully saturated rings. The molecule has 0 saturated carbocycles. The van der Waals surface area contributed by atoms with Gasteiger partial charge in [-0.25, -0.2) is 0 Å². The number of phenolic OH excluding ortho intramolecular Hbond substituents is 1. The van der Waals surface area contributed by atoms with Crippen LogP contribution in [-0.2, 0) is 5.41 Å². The van der Waals surface area contributed by atoms with E-state index < -0.39 is 0 Å². The van der Waals surface area contributed by atoms with Crippen LogP contribution in [-0.4, -0.2) is 41.7 Å². The second-order valence-electron chi connectivity index (χ2n) is 7.98. The van der Waals surface area contributed by atoms with Gasteiger partial charge in [-0.1, -0.05) is 50.3 Å². The maximum Gasteiger partial charge on any atom is 0.115 e. The molecule has 4 atom stereocenters. The molecule has 2 N–H and O–H groups in total. The van der Waals surface area contributed by atoms with Gasteiger partial charge in [-0.2, -0.15) is 0 Å². The van der Waals surface area contributed by atoms with E-state index in [-0.39, 0.29) is 5.41 Å². The number of piperazine rings is 1. The molecule has 0 bridgehead atoms. The van der Waals surface area contributed by atoms with Crippen molar-refractivity contribution >= 4 is 0 Å². The molecular formula is C22H32N2O. The van der Waals surface area contributed by atoms with Crippen molar-refractivity contribution in [1.29, 1.82) is 0 Å². The first kappa shape index (κ1) is 18.2. The van der Waals surface area contributed by atoms with Gasteiger partial charge in [-0.15, -0.1) is 0 Å². The van der Waals surface area contributed by atoms with E-state index >= 15 is 0 Å². The molecule has 2 aliphatic heterocycles. The predicted molar refractivity (Wildman–Crippen MR) is 105 cm³/mol. The fourth-order valence-electron chi connectivity index (χ4n) is 4.45. The molecule has 2 unspecified atom stereocenters. The number of allylic oxidation sites excluding steroid dienone is 3. The monoisotopic (exact) mass is 340 g/mol. The SMILES string of the molecule is C/C=C\C=C/C[C@H]1CN2CC(C)[C@](C)(c3cccc(O)c3)CC2CN1. The van der Waals surface area contributed by atoms with Crippen molar-refractivity contribution in [3.05, 3.63) is 54.1 Å². The zero-order valence-electron chi connectivity index (χ0n) is 15.8. The largest absolute Gasteiger partial charge is 0.508 e. The number of fused-ring (bicyclic) bond motifs is 1. The molecule has 136 valence electrons. The van der Waals surface area contributed by atoms with E-state index in [1.807, 2.05) is 19.1 Å². The minimum Gasteiger partial charge on any atom is -0.508 e. The first-order valence-corrected chi connectivity index (χ1v) is 9.57. The minimum absolute atomic E-state index is 0.125. The normalized spacial score (nSPS) is 33.8. The number of hydrogen-bond donors (Lipinski definition) is 2. The van der Waals surface area contributed by atoms with E-state index in [0.29, 0.717) is 23.8 Å². The second kappa shape index (κ2) is 7.76. The van der Waals surface area contributed by atoms with Crippen LogP contribution >= 0.6 is 0 Å². The van der Waals surface area contributed by atoms with Crippen molar-refractivity contribution < 1.29 is 5.11 Å². The highest BCUT2D eigenvalue weighted by Gasteiger charge is 2.44. The molecule has 3 nitrogen and oxygen atoms in total. The molecule has 1 aromatic carbocycles. The molecule has 0 radical (unpaired) electrons. The maximum atomic E-state index is 9.90. The van der Waals surface area contributed by atoms with Crippen molar-refractivity contribution in [2.75, 3.05) is 19.6 Å². The van der Waals surface area contributed by atoms with Crippen molar-refractivity contribution in [3.8, 4) is 5.75 Å². The Hall–Kier alpha value is -1.58. The molecule has 25 heavy (non-hydrogen) atoms. The van der Waals surface area contributed by atoms with Crippen molar-refractivity contribution in [2.45, 2.75) is 51.1 Å². The average molecular weight is 341 g/mol. The summed E-state index contributed by atoms with van der Waals surface area (Å²) in [5, 5.41) is 13.6. The van der Waals surface area contributed by atoms with E-state index in [1.165, 1.54) is 5.56 Å². The first-order chi connectivity index (χ1) is 12.0. The van der Waals surface area contributed by atoms with Crippen LogP contribution in [0.5, 0.6) is 5.75 Å². The smallest absolute Gasteiger partial charge is 0.115 e. The molecule has 2 heterocycles. The molecule has 0 amide bonds. The third-order valence-corrected chi connectivity index (χ3v) is 6.24. The van der Waals surface area contributed by atoms with Gasteiger partial charge in [0.05, 0.1) is 0 Å². The Balaban J connectivity index is 1.67. The number of hydrogen-bond acceptors (Lipinski definition) is 3. The summed E-state index contributed by atoms with van der Waals surface area (Å²) < 4.78 is 0. The van der Waals surface area contributed by atoms with E-state index in [4.69, 9.17) is 0 Å². The number of aromatic hydroxyl groups is 1. The molecule has 0 spiro atoms. The van der Waals surface area contributed by atoms with Crippen molar-refractivity contribution in [2.24, 2.45) is 5.92 Å². The van der Waals surface area contributed by atoms with Crippen LogP contribution in [0, 0.1) is 5.92 Å². The maximum absolute atomic E-state index is 9.90. The number of nitrogens with zero attached hydrogens (tertiary/aromatic N) is 1. The summed E-state index contributed by atoms with van der Waals surface area (Å²) in [4.78, 5) is 2.68. The van der Waals surface area contributed by atoms with Crippen molar-refractivity contribution in [3.63, 3.8) is 0 Å². The summed E-state index contributed by atoms with van der Waals surface area (Å²) in [6, 6.07) is 9.00. The molecule has 1 aromatic rings. The minimum atomic E-state index is 0.125. The lowest BCUT2D eigenvalue weighted by atomic mass is 9.65. The van der Waals surface area contributed by atoms with Crippen molar-refractivity contribution in [1.82, 2.24) is 10.2 Å². The lowest BCUT2D eigenvalue weighted by Gasteiger charge is -2.52. The van der Waals surface area contributed by atoms with Crippen LogP contribution < -0.4 is 5.32 Å². The van der Waals surface area contributed by atoms with E-state index in [1.54, 1.807) is 6.07 Å². The Bertz CT molecular complexity index is 639. The third-order valence-electron chi connectivity index (χ3n) is 6.24. The zero-order valence-corrected chi connectivity index (χ0v) is 15.8. The quantitative estimate of drug-likeness (QED) is 0.817. The van der Waals surface area contributed by atoms with E-state index in [0.717, 1.165) is 32.5 Å². The average Bonchev–Trinajstić information content (AvgIpc) is 2.60. The number of piperidine rings is 1. The summed E-state index contributed by atoms with van der Waals surface area (Å²) in [7, 11) is 0. The summed E-state index contributed by atoms with van der Waals surface area (Å²) >= 11 is 0. The van der Waals surface area contributed by atoms with E-state index in [2.05, 4.69) is 54.4 Å². The van der Waals surface area contributed by atoms with Crippen LogP contribution in [0.4, 0.5) is 0 Å². The summed E-state index contributed by atoms with van der Waals surface area (Å²) in [6.45, 7) is 10.1. The van der Waals surface area contributed by atoms with Gasteiger partial charge in [0.2, 0.25) is 0 Å². The number of phenols is 1. The summed E-state index contributed by atoms with van der Waals surface area (Å²) in [6.07, 6.45) is 10.8. The Morgan fingerprint density at radius 3 is 2.92 bits per heavy atom. The Labute approximate surface area is 152 Å². The van der Waals surface area contributed by atoms with E-state index in [9.17, 15) is 5.11 Å². The molecule has 0 aliphatic carbocycles. The van der Waals surface area contributed by atoms with Crippen LogP contribution in [0.25, 0.3) is 0 Å². The highest BCUT2D eigenvalue weighted by molar-refractivity contribution is 5.34. The van der Waals surface area contributed by atoms with Gasteiger partial charge in [0.15, 0.2) is 0 Å². The van der Waals surface area contributed by atoms with Gasteiger partial charge in [0.25, 0.3) is 0 Å². The molecule has 3 heteroatoms. The number of benzene rings is 1. The topological polar surface area (TPSA) is 35.5 Å². The van der Waals surface area contributed by atoms with Crippen LogP contribution in [0.3, 0.4) is 0 Å². The summed E-state index contributed by atoms with van der Waals surface area (Å²) in [5.74, 6) is 0.950. The van der Waals surface area contributed by atoms with Crippen LogP contribution in [0.2, 0.25) is 0 Å².